The van der Waals surface area contributed by atoms with E-state index in [4.69, 9.17) is 16.7 Å². The largest absolute Gasteiger partial charge is 0.488 e. The van der Waals surface area contributed by atoms with Crippen molar-refractivity contribution in [3.8, 4) is 5.88 Å². The van der Waals surface area contributed by atoms with E-state index in [0.29, 0.717) is 0 Å². The zero-order valence-electron chi connectivity index (χ0n) is 6.62. The lowest BCUT2D eigenvalue weighted by atomic mass is 10.5. The number of nitro groups is 1. The highest BCUT2D eigenvalue weighted by atomic mass is 35.5. The van der Waals surface area contributed by atoms with E-state index >= 15 is 0 Å². The molecule has 0 saturated carbocycles. The molecule has 1 rings (SSSR count). The Hall–Kier alpha value is -1.64. The van der Waals surface area contributed by atoms with E-state index in [1.54, 1.807) is 0 Å². The van der Waals surface area contributed by atoms with Crippen LogP contribution in [0.15, 0.2) is 0 Å². The van der Waals surface area contributed by atoms with Gasteiger partial charge in [0.2, 0.25) is 11.0 Å². The molecule has 0 aliphatic rings. The number of hydrogen-bond donors (Lipinski definition) is 1. The van der Waals surface area contributed by atoms with Crippen molar-refractivity contribution in [2.75, 3.05) is 0 Å². The highest BCUT2D eigenvalue weighted by Gasteiger charge is 2.38. The third-order valence-corrected chi connectivity index (χ3v) is 1.52. The zero-order chi connectivity index (χ0) is 11.8. The first-order valence-corrected chi connectivity index (χ1v) is 3.59. The molecular formula is C5HClF3N3O3. The highest BCUT2D eigenvalue weighted by molar-refractivity contribution is 6.31. The normalized spacial score (nSPS) is 11.5. The smallest absolute Gasteiger partial charge is 0.451 e. The van der Waals surface area contributed by atoms with Crippen LogP contribution in [-0.2, 0) is 6.18 Å². The monoisotopic (exact) mass is 243 g/mol. The molecule has 0 amide bonds. The van der Waals surface area contributed by atoms with Gasteiger partial charge in [-0.25, -0.2) is 4.98 Å². The fourth-order valence-electron chi connectivity index (χ4n) is 0.700. The molecule has 0 fully saturated rings. The van der Waals surface area contributed by atoms with Crippen molar-refractivity contribution in [3.63, 3.8) is 0 Å². The Balaban J connectivity index is 3.39. The molecule has 1 aromatic heterocycles. The molecular weight excluding hydrogens is 243 g/mol. The molecule has 0 radical (unpaired) electrons. The Morgan fingerprint density at radius 3 is 2.27 bits per heavy atom. The van der Waals surface area contributed by atoms with Crippen LogP contribution >= 0.6 is 11.6 Å². The quantitative estimate of drug-likeness (QED) is 0.461. The standard InChI is InChI=1S/C5HClF3N3O3/c6-2-1(12(14)15)3(13)11-4(10-2)5(7,8)9/h(H,10,11,13). The van der Waals surface area contributed by atoms with Gasteiger partial charge >= 0.3 is 11.9 Å². The van der Waals surface area contributed by atoms with E-state index in [1.165, 1.54) is 0 Å². The van der Waals surface area contributed by atoms with Crippen molar-refractivity contribution in [1.29, 1.82) is 0 Å². The molecule has 0 saturated heterocycles. The van der Waals surface area contributed by atoms with E-state index in [2.05, 4.69) is 9.97 Å². The summed E-state index contributed by atoms with van der Waals surface area (Å²) < 4.78 is 36.0. The van der Waals surface area contributed by atoms with Gasteiger partial charge in [0.05, 0.1) is 4.92 Å². The predicted molar refractivity (Wildman–Crippen MR) is 40.4 cm³/mol. The van der Waals surface area contributed by atoms with Gasteiger partial charge in [-0.15, -0.1) is 0 Å². The Morgan fingerprint density at radius 1 is 1.40 bits per heavy atom. The molecule has 0 aliphatic carbocycles. The summed E-state index contributed by atoms with van der Waals surface area (Å²) in [5, 5.41) is 18.0. The van der Waals surface area contributed by atoms with Crippen LogP contribution in [0.5, 0.6) is 5.88 Å². The summed E-state index contributed by atoms with van der Waals surface area (Å²) in [6.07, 6.45) is -4.93. The van der Waals surface area contributed by atoms with Gasteiger partial charge in [0.1, 0.15) is 0 Å². The van der Waals surface area contributed by atoms with E-state index in [1.807, 2.05) is 0 Å². The lowest BCUT2D eigenvalue weighted by Crippen LogP contribution is -2.12. The van der Waals surface area contributed by atoms with Gasteiger partial charge in [0.25, 0.3) is 5.88 Å². The van der Waals surface area contributed by atoms with Crippen molar-refractivity contribution >= 4 is 17.3 Å². The van der Waals surface area contributed by atoms with Crippen LogP contribution in [0.3, 0.4) is 0 Å². The minimum absolute atomic E-state index is 1.07. The van der Waals surface area contributed by atoms with Crippen molar-refractivity contribution in [3.05, 3.63) is 21.1 Å². The molecule has 10 heteroatoms. The molecule has 0 spiro atoms. The maximum atomic E-state index is 12.0. The van der Waals surface area contributed by atoms with Crippen LogP contribution in [-0.4, -0.2) is 20.0 Å². The Morgan fingerprint density at radius 2 is 1.93 bits per heavy atom. The van der Waals surface area contributed by atoms with Gasteiger partial charge in [-0.1, -0.05) is 11.6 Å². The fraction of sp³-hybridized carbons (Fsp3) is 0.200. The van der Waals surface area contributed by atoms with E-state index in [-0.39, 0.29) is 0 Å². The SMILES string of the molecule is O=[N+]([O-])c1c(O)nc(C(F)(F)F)nc1Cl. The summed E-state index contributed by atoms with van der Waals surface area (Å²) in [5.41, 5.74) is -1.16. The number of hydrogen-bond acceptors (Lipinski definition) is 5. The Kier molecular flexibility index (Phi) is 2.67. The second-order valence-electron chi connectivity index (χ2n) is 2.27. The van der Waals surface area contributed by atoms with Crippen molar-refractivity contribution in [2.45, 2.75) is 6.18 Å². The molecule has 1 aromatic rings. The Labute approximate surface area is 84.5 Å². The molecule has 1 heterocycles. The van der Waals surface area contributed by atoms with Crippen LogP contribution < -0.4 is 0 Å². The van der Waals surface area contributed by atoms with Gasteiger partial charge in [0.15, 0.2) is 0 Å². The average molecular weight is 244 g/mol. The van der Waals surface area contributed by atoms with Gasteiger partial charge in [-0.05, 0) is 0 Å². The number of halogens is 4. The minimum atomic E-state index is -4.93. The first-order chi connectivity index (χ1) is 6.73. The summed E-state index contributed by atoms with van der Waals surface area (Å²) in [4.78, 5) is 14.2. The van der Waals surface area contributed by atoms with E-state index < -0.39 is 33.6 Å². The minimum Gasteiger partial charge on any atom is -0.488 e. The lowest BCUT2D eigenvalue weighted by molar-refractivity contribution is -0.386. The second-order valence-corrected chi connectivity index (χ2v) is 2.62. The van der Waals surface area contributed by atoms with Crippen molar-refractivity contribution < 1.29 is 23.2 Å². The molecule has 15 heavy (non-hydrogen) atoms. The highest BCUT2D eigenvalue weighted by Crippen LogP contribution is 2.35. The number of aromatic nitrogens is 2. The van der Waals surface area contributed by atoms with Crippen LogP contribution in [0.4, 0.5) is 18.9 Å². The summed E-state index contributed by atoms with van der Waals surface area (Å²) in [5.74, 6) is -3.16. The third-order valence-electron chi connectivity index (χ3n) is 1.26. The first-order valence-electron chi connectivity index (χ1n) is 3.21. The molecule has 1 N–H and O–H groups in total. The molecule has 6 nitrogen and oxygen atoms in total. The van der Waals surface area contributed by atoms with Gasteiger partial charge in [0, 0.05) is 0 Å². The molecule has 0 unspecified atom stereocenters. The number of rotatable bonds is 1. The molecule has 82 valence electrons. The topological polar surface area (TPSA) is 89.2 Å². The fourth-order valence-corrected chi connectivity index (χ4v) is 0.934. The van der Waals surface area contributed by atoms with Gasteiger partial charge in [-0.3, -0.25) is 10.1 Å². The van der Waals surface area contributed by atoms with Crippen molar-refractivity contribution in [2.24, 2.45) is 0 Å². The van der Waals surface area contributed by atoms with Crippen LogP contribution in [0.2, 0.25) is 5.15 Å². The first kappa shape index (κ1) is 11.4. The number of aromatic hydroxyl groups is 1. The number of alkyl halides is 3. The average Bonchev–Trinajstić information content (AvgIpc) is 1.99. The maximum absolute atomic E-state index is 12.0. The summed E-state index contributed by atoms with van der Waals surface area (Å²) in [7, 11) is 0. The van der Waals surface area contributed by atoms with Gasteiger partial charge in [-0.2, -0.15) is 18.2 Å². The molecule has 0 aromatic carbocycles. The summed E-state index contributed by atoms with van der Waals surface area (Å²) in [6, 6.07) is 0. The van der Waals surface area contributed by atoms with Gasteiger partial charge < -0.3 is 5.11 Å². The Bertz CT molecular complexity index is 399. The molecule has 0 aliphatic heterocycles. The van der Waals surface area contributed by atoms with Crippen molar-refractivity contribution in [1.82, 2.24) is 9.97 Å². The predicted octanol–water partition coefficient (Wildman–Crippen LogP) is 1.76. The third kappa shape index (κ3) is 2.24. The summed E-state index contributed by atoms with van der Waals surface area (Å²) in [6.45, 7) is 0. The molecule has 0 atom stereocenters. The van der Waals surface area contributed by atoms with Crippen LogP contribution in [0.1, 0.15) is 5.82 Å². The van der Waals surface area contributed by atoms with E-state index in [0.717, 1.165) is 0 Å². The zero-order valence-corrected chi connectivity index (χ0v) is 7.37. The molecule has 0 bridgehead atoms. The van der Waals surface area contributed by atoms with Crippen LogP contribution in [0, 0.1) is 10.1 Å². The lowest BCUT2D eigenvalue weighted by Gasteiger charge is -2.05. The van der Waals surface area contributed by atoms with Crippen LogP contribution in [0.25, 0.3) is 0 Å². The van der Waals surface area contributed by atoms with E-state index in [9.17, 15) is 23.3 Å². The second kappa shape index (κ2) is 3.50. The summed E-state index contributed by atoms with van der Waals surface area (Å²) >= 11 is 5.08. The maximum Gasteiger partial charge on any atom is 0.451 e. The number of nitrogens with zero attached hydrogens (tertiary/aromatic N) is 3.